The average Bonchev–Trinajstić information content (AvgIpc) is 3.97. The zero-order valence-electron chi connectivity index (χ0n) is 48.0. The van der Waals surface area contributed by atoms with Crippen molar-refractivity contribution < 1.29 is 82.0 Å². The van der Waals surface area contributed by atoms with Crippen molar-refractivity contribution in [3.05, 3.63) is 82.9 Å². The number of amides is 1. The lowest BCUT2D eigenvalue weighted by Crippen LogP contribution is -2.81. The summed E-state index contributed by atoms with van der Waals surface area (Å²) in [4.78, 5) is 84.4. The van der Waals surface area contributed by atoms with E-state index in [2.05, 4.69) is 12.2 Å². The Hall–Kier alpha value is -5.24. The predicted octanol–water partition coefficient (Wildman–Crippen LogP) is 9.03. The molecule has 2 unspecified atom stereocenters. The number of nitrogens with one attached hydrogen (secondary N) is 1. The summed E-state index contributed by atoms with van der Waals surface area (Å²) in [7, 11) is 0. The van der Waals surface area contributed by atoms with Crippen LogP contribution in [0.4, 0.5) is 4.79 Å². The minimum absolute atomic E-state index is 0.0192. The number of ketones is 1. The quantitative estimate of drug-likeness (QED) is 0.0282. The van der Waals surface area contributed by atoms with Crippen LogP contribution in [0.2, 0.25) is 0 Å². The molecule has 2 aromatic carbocycles. The van der Waals surface area contributed by atoms with Crippen molar-refractivity contribution in [2.45, 2.75) is 230 Å². The third-order valence-electron chi connectivity index (χ3n) is 17.7. The fraction of sp³-hybridized carbons (Fsp3) is 0.677. The zero-order valence-corrected chi connectivity index (χ0v) is 48.0. The van der Waals surface area contributed by atoms with Crippen LogP contribution in [-0.4, -0.2) is 131 Å². The molecule has 0 radical (unpaired) electrons. The van der Waals surface area contributed by atoms with Gasteiger partial charge in [0.15, 0.2) is 23.8 Å². The van der Waals surface area contributed by atoms with Gasteiger partial charge >= 0.3 is 24.1 Å². The van der Waals surface area contributed by atoms with Crippen LogP contribution in [0.1, 0.15) is 186 Å². The second kappa shape index (κ2) is 27.7. The van der Waals surface area contributed by atoms with Gasteiger partial charge in [-0.05, 0) is 55.5 Å². The van der Waals surface area contributed by atoms with Crippen molar-refractivity contribution in [1.82, 2.24) is 5.32 Å². The number of Topliss-reactive ketones (excluding diaryl/α,β-unsaturated/α-hetero) is 1. The molecule has 0 spiro atoms. The minimum atomic E-state index is -2.41. The zero-order chi connectivity index (χ0) is 57.8. The van der Waals surface area contributed by atoms with Crippen molar-refractivity contribution in [2.24, 2.45) is 16.7 Å². The third kappa shape index (κ3) is 13.8. The molecule has 2 saturated heterocycles. The Morgan fingerprint density at radius 3 is 1.93 bits per heavy atom. The molecule has 2 bridgehead atoms. The molecule has 2 aliphatic heterocycles. The van der Waals surface area contributed by atoms with Gasteiger partial charge in [-0.15, -0.1) is 0 Å². The summed E-state index contributed by atoms with van der Waals surface area (Å²) < 4.78 is 47.4. The van der Waals surface area contributed by atoms with Crippen molar-refractivity contribution in [1.29, 1.82) is 0 Å². The Morgan fingerprint density at radius 2 is 1.36 bits per heavy atom. The largest absolute Gasteiger partial charge is 0.509 e. The van der Waals surface area contributed by atoms with Crippen LogP contribution < -0.4 is 5.32 Å². The minimum Gasteiger partial charge on any atom is -0.455 e. The number of hydrogen-bond donors (Lipinski definition) is 4. The van der Waals surface area contributed by atoms with Gasteiger partial charge in [0.2, 0.25) is 6.10 Å². The number of ether oxygens (including phenoxy) is 8. The van der Waals surface area contributed by atoms with Gasteiger partial charge in [-0.3, -0.25) is 19.2 Å². The summed E-state index contributed by atoms with van der Waals surface area (Å²) in [6, 6.07) is 15.0. The summed E-state index contributed by atoms with van der Waals surface area (Å²) >= 11 is 0. The topological polar surface area (TPSA) is 249 Å². The van der Waals surface area contributed by atoms with E-state index in [1.165, 1.54) is 90.9 Å². The summed E-state index contributed by atoms with van der Waals surface area (Å²) in [5.41, 5.74) is -7.15. The average molecular weight is 1120 g/mol. The van der Waals surface area contributed by atoms with E-state index < -0.39 is 125 Å². The highest BCUT2D eigenvalue weighted by Gasteiger charge is 2.77. The molecule has 18 nitrogen and oxygen atoms in total. The lowest BCUT2D eigenvalue weighted by molar-refractivity contribution is -0.346. The normalized spacial score (nSPS) is 30.2. The molecule has 80 heavy (non-hydrogen) atoms. The first kappa shape index (κ1) is 62.4. The van der Waals surface area contributed by atoms with Crippen LogP contribution in [-0.2, 0) is 57.1 Å². The van der Waals surface area contributed by atoms with Gasteiger partial charge in [-0.2, -0.15) is 0 Å². The number of unbranched alkanes of at least 4 members (excludes halogenated alkanes) is 14. The highest BCUT2D eigenvalue weighted by Crippen LogP contribution is 2.63. The van der Waals surface area contributed by atoms with E-state index in [1.807, 2.05) is 0 Å². The van der Waals surface area contributed by atoms with Crippen LogP contribution >= 0.6 is 0 Å². The number of hydrogen-bond acceptors (Lipinski definition) is 17. The Balaban J connectivity index is 1.08. The third-order valence-corrected chi connectivity index (χ3v) is 17.7. The van der Waals surface area contributed by atoms with E-state index >= 15 is 9.59 Å². The van der Waals surface area contributed by atoms with Gasteiger partial charge in [0.25, 0.3) is 5.91 Å². The highest BCUT2D eigenvalue weighted by molar-refractivity contribution is 5.96. The second-order valence-electron chi connectivity index (χ2n) is 23.5. The van der Waals surface area contributed by atoms with Gasteiger partial charge < -0.3 is 58.5 Å². The molecule has 2 saturated carbocycles. The van der Waals surface area contributed by atoms with Crippen LogP contribution in [0.3, 0.4) is 0 Å². The van der Waals surface area contributed by atoms with E-state index in [9.17, 15) is 34.5 Å². The Labute approximate surface area is 471 Å². The van der Waals surface area contributed by atoms with Crippen molar-refractivity contribution in [3.63, 3.8) is 0 Å². The van der Waals surface area contributed by atoms with E-state index in [0.29, 0.717) is 12.0 Å². The molecule has 4 N–H and O–H groups in total. The van der Waals surface area contributed by atoms with E-state index in [0.717, 1.165) is 33.1 Å². The molecule has 442 valence electrons. The fourth-order valence-electron chi connectivity index (χ4n) is 13.1. The van der Waals surface area contributed by atoms with E-state index in [1.54, 1.807) is 74.5 Å². The first-order chi connectivity index (χ1) is 38.2. The standard InChI is InChI=1S/C62H87NO17/c1-8-9-10-11-12-13-14-15-16-17-18-19-20-21-28-33-48-73-36-44(77-48)37-74-58(71)79-52(50(42-29-24-22-25-30-42)63-56(69)43-31-26-23-27-32-43)57(70)78-45-35-62(72)55(68)53-60(7,46(66)34-47-61(53,38-75-47)80-41(4)65)54(67)51(76-40(3)64)49(39(45)2)59(62,5)6/h22-27,29-32,44-48,50-53,55,66,68,72H,8-21,28,33-38H2,1-7H3,(H,63,69)/t44-,45+,46+,47-,48?,50+,51-,52-,53?,55+,60-,61+,62-/m1/s1. The molecule has 2 heterocycles. The maximum atomic E-state index is 15.4. The fourth-order valence-corrected chi connectivity index (χ4v) is 13.1. The lowest BCUT2D eigenvalue weighted by Gasteiger charge is -2.67. The molecule has 3 aliphatic carbocycles. The molecular weight excluding hydrogens is 1030 g/mol. The molecule has 1 amide bonds. The molecule has 5 aliphatic rings. The SMILES string of the molecule is CCCCCCCCCCCCCCCCCC1OC[C@H](COC(=O)O[C@@H](C(=O)O[C@H]2C[C@@]3(O)[C@@H](O)C4[C@](C)(C(=O)[C@H](OC(C)=O)C(=C2C)C3(C)C)[C@@H](O)C[C@H]2OC[C@@]42OC(C)=O)[C@@H](NC(=O)c2ccccc2)c2ccccc2)O1. The molecule has 2 aromatic rings. The molecular formula is C62H87NO17. The number of carbonyl (C=O) groups is 6. The Kier molecular flexibility index (Phi) is 21.6. The highest BCUT2D eigenvalue weighted by atomic mass is 16.8. The van der Waals surface area contributed by atoms with E-state index in [4.69, 9.17) is 37.9 Å². The number of rotatable bonds is 27. The molecule has 18 heteroatoms. The van der Waals surface area contributed by atoms with Gasteiger partial charge in [-0.25, -0.2) is 9.59 Å². The second-order valence-corrected chi connectivity index (χ2v) is 23.5. The summed E-state index contributed by atoms with van der Waals surface area (Å²) in [5.74, 6) is -5.96. The first-order valence-electron chi connectivity index (χ1n) is 29.2. The van der Waals surface area contributed by atoms with Crippen molar-refractivity contribution in [2.75, 3.05) is 19.8 Å². The maximum absolute atomic E-state index is 15.4. The van der Waals surface area contributed by atoms with Gasteiger partial charge in [0.1, 0.15) is 36.6 Å². The van der Waals surface area contributed by atoms with Crippen molar-refractivity contribution in [3.8, 4) is 0 Å². The Bertz CT molecular complexity index is 2470. The van der Waals surface area contributed by atoms with Crippen LogP contribution in [0.25, 0.3) is 0 Å². The number of benzene rings is 2. The molecule has 4 fully saturated rings. The van der Waals surface area contributed by atoms with Crippen LogP contribution in [0.15, 0.2) is 71.8 Å². The summed E-state index contributed by atoms with van der Waals surface area (Å²) in [6.07, 6.45) is 6.37. The number of carbonyl (C=O) groups excluding carboxylic acids is 6. The number of esters is 3. The summed E-state index contributed by atoms with van der Waals surface area (Å²) in [5, 5.41) is 41.0. The number of aliphatic hydroxyl groups excluding tert-OH is 2. The predicted molar refractivity (Wildman–Crippen MR) is 292 cm³/mol. The van der Waals surface area contributed by atoms with E-state index in [-0.39, 0.29) is 43.0 Å². The smallest absolute Gasteiger partial charge is 0.455 e. The number of fused-ring (bicyclic) bond motifs is 5. The van der Waals surface area contributed by atoms with Gasteiger partial charge in [0.05, 0.1) is 30.8 Å². The van der Waals surface area contributed by atoms with Gasteiger partial charge in [0, 0.05) is 43.6 Å². The molecule has 7 rings (SSSR count). The Morgan fingerprint density at radius 1 is 0.775 bits per heavy atom. The monoisotopic (exact) mass is 1120 g/mol. The van der Waals surface area contributed by atoms with Crippen LogP contribution in [0.5, 0.6) is 0 Å². The lowest BCUT2D eigenvalue weighted by atomic mass is 9.44. The number of aliphatic hydroxyl groups is 3. The van der Waals surface area contributed by atoms with Gasteiger partial charge in [-0.1, -0.05) is 159 Å². The first-order valence-corrected chi connectivity index (χ1v) is 29.2. The van der Waals surface area contributed by atoms with Crippen molar-refractivity contribution >= 4 is 35.8 Å². The molecule has 0 aromatic heterocycles. The van der Waals surface area contributed by atoms with Crippen LogP contribution in [0, 0.1) is 16.7 Å². The summed E-state index contributed by atoms with van der Waals surface area (Å²) in [6.45, 7) is 10.0. The molecule has 13 atom stereocenters. The maximum Gasteiger partial charge on any atom is 0.509 e.